The van der Waals surface area contributed by atoms with Crippen molar-refractivity contribution in [3.05, 3.63) is 11.7 Å². The zero-order valence-corrected chi connectivity index (χ0v) is 11.4. The maximum absolute atomic E-state index is 5.48. The van der Waals surface area contributed by atoms with Crippen molar-refractivity contribution in [2.75, 3.05) is 6.54 Å². The zero-order chi connectivity index (χ0) is 13.0. The Balaban J connectivity index is 2.00. The molecule has 0 radical (unpaired) electrons. The van der Waals surface area contributed by atoms with Gasteiger partial charge >= 0.3 is 0 Å². The summed E-state index contributed by atoms with van der Waals surface area (Å²) in [5.41, 5.74) is 5.48. The van der Waals surface area contributed by atoms with Crippen LogP contribution in [0, 0.1) is 5.92 Å². The number of hydrogen-bond donors (Lipinski definition) is 1. The monoisotopic (exact) mass is 252 g/mol. The summed E-state index contributed by atoms with van der Waals surface area (Å²) in [7, 11) is 0. The predicted molar refractivity (Wildman–Crippen MR) is 69.7 cm³/mol. The third-order valence-electron chi connectivity index (χ3n) is 3.84. The Hall–Kier alpha value is -0.940. The maximum atomic E-state index is 5.48. The average Bonchev–Trinajstić information content (AvgIpc) is 2.81. The van der Waals surface area contributed by atoms with Gasteiger partial charge in [0.15, 0.2) is 5.82 Å². The van der Waals surface area contributed by atoms with Gasteiger partial charge in [-0.3, -0.25) is 4.90 Å². The van der Waals surface area contributed by atoms with Crippen LogP contribution in [0.3, 0.4) is 0 Å². The molecule has 18 heavy (non-hydrogen) atoms. The van der Waals surface area contributed by atoms with Gasteiger partial charge in [-0.2, -0.15) is 4.98 Å². The van der Waals surface area contributed by atoms with Gasteiger partial charge < -0.3 is 10.3 Å². The maximum Gasteiger partial charge on any atom is 0.240 e. The molecule has 1 aliphatic rings. The summed E-state index contributed by atoms with van der Waals surface area (Å²) in [5.74, 6) is 2.06. The molecule has 2 unspecified atom stereocenters. The highest BCUT2D eigenvalue weighted by atomic mass is 16.5. The summed E-state index contributed by atoms with van der Waals surface area (Å²) in [5, 5.41) is 3.99. The molecule has 2 rings (SSSR count). The third kappa shape index (κ3) is 3.09. The molecule has 1 aromatic rings. The first-order chi connectivity index (χ1) is 8.74. The molecule has 0 aromatic carbocycles. The van der Waals surface area contributed by atoms with E-state index in [9.17, 15) is 0 Å². The molecule has 0 saturated carbocycles. The first-order valence-corrected chi connectivity index (χ1v) is 7.00. The van der Waals surface area contributed by atoms with Crippen molar-refractivity contribution in [1.82, 2.24) is 15.0 Å². The molecule has 1 aromatic heterocycles. The van der Waals surface area contributed by atoms with Gasteiger partial charge in [-0.15, -0.1) is 0 Å². The highest BCUT2D eigenvalue weighted by Crippen LogP contribution is 2.27. The Labute approximate surface area is 109 Å². The fraction of sp³-hybridized carbons (Fsp3) is 0.846. The lowest BCUT2D eigenvalue weighted by atomic mass is 9.88. The van der Waals surface area contributed by atoms with Crippen LogP contribution in [0.15, 0.2) is 4.52 Å². The molecule has 1 fully saturated rings. The van der Waals surface area contributed by atoms with Gasteiger partial charge in [-0.05, 0) is 31.7 Å². The fourth-order valence-electron chi connectivity index (χ4n) is 2.91. The van der Waals surface area contributed by atoms with Crippen LogP contribution in [0.5, 0.6) is 0 Å². The van der Waals surface area contributed by atoms with Crippen LogP contribution in [-0.4, -0.2) is 27.6 Å². The van der Waals surface area contributed by atoms with E-state index in [1.54, 1.807) is 0 Å². The molecule has 0 amide bonds. The van der Waals surface area contributed by atoms with Gasteiger partial charge in [0, 0.05) is 6.04 Å². The molecular weight excluding hydrogens is 228 g/mol. The van der Waals surface area contributed by atoms with Crippen LogP contribution in [0.25, 0.3) is 0 Å². The second kappa shape index (κ2) is 6.29. The number of likely N-dealkylation sites (tertiary alicyclic amines) is 1. The molecule has 2 N–H and O–H groups in total. The Morgan fingerprint density at radius 3 is 3.00 bits per heavy atom. The number of rotatable bonds is 5. The normalized spacial score (nSPS) is 25.5. The number of aromatic nitrogens is 2. The van der Waals surface area contributed by atoms with E-state index in [0.29, 0.717) is 18.5 Å². The predicted octanol–water partition coefficient (Wildman–Crippen LogP) is 1.93. The lowest BCUT2D eigenvalue weighted by molar-refractivity contribution is 0.0830. The summed E-state index contributed by atoms with van der Waals surface area (Å²) in [6.45, 7) is 6.86. The number of piperidine rings is 1. The largest absolute Gasteiger partial charge is 0.338 e. The summed E-state index contributed by atoms with van der Waals surface area (Å²) < 4.78 is 5.06. The van der Waals surface area contributed by atoms with Crippen molar-refractivity contribution in [2.45, 2.75) is 58.7 Å². The third-order valence-corrected chi connectivity index (χ3v) is 3.84. The van der Waals surface area contributed by atoms with Crippen molar-refractivity contribution in [3.63, 3.8) is 0 Å². The lowest BCUT2D eigenvalue weighted by Gasteiger charge is -2.39. The molecule has 5 heteroatoms. The minimum atomic E-state index is 0.321. The molecule has 0 bridgehead atoms. The van der Waals surface area contributed by atoms with E-state index in [4.69, 9.17) is 10.3 Å². The van der Waals surface area contributed by atoms with Crippen LogP contribution in [-0.2, 0) is 13.1 Å². The van der Waals surface area contributed by atoms with E-state index in [0.717, 1.165) is 24.8 Å². The van der Waals surface area contributed by atoms with Gasteiger partial charge in [0.25, 0.3) is 0 Å². The minimum Gasteiger partial charge on any atom is -0.338 e. The summed E-state index contributed by atoms with van der Waals surface area (Å²) in [6, 6.07) is 0.656. The van der Waals surface area contributed by atoms with Crippen LogP contribution < -0.4 is 5.73 Å². The standard InChI is InChI=1S/C13H24N4O/c1-3-5-11-10(2)6-4-7-17(11)9-12-15-13(8-14)18-16-12/h10-11H,3-9,14H2,1-2H3. The van der Waals surface area contributed by atoms with Gasteiger partial charge in [0.05, 0.1) is 13.1 Å². The molecule has 1 aliphatic heterocycles. The Morgan fingerprint density at radius 2 is 2.33 bits per heavy atom. The quantitative estimate of drug-likeness (QED) is 0.867. The van der Waals surface area contributed by atoms with Crippen molar-refractivity contribution < 1.29 is 4.52 Å². The summed E-state index contributed by atoms with van der Waals surface area (Å²) in [6.07, 6.45) is 5.08. The van der Waals surface area contributed by atoms with Crippen LogP contribution in [0.2, 0.25) is 0 Å². The van der Waals surface area contributed by atoms with E-state index < -0.39 is 0 Å². The Kier molecular flexibility index (Phi) is 4.72. The van der Waals surface area contributed by atoms with Crippen molar-refractivity contribution in [3.8, 4) is 0 Å². The van der Waals surface area contributed by atoms with E-state index in [1.807, 2.05) is 0 Å². The van der Waals surface area contributed by atoms with E-state index in [1.165, 1.54) is 25.7 Å². The molecule has 2 heterocycles. The second-order valence-electron chi connectivity index (χ2n) is 5.25. The van der Waals surface area contributed by atoms with Gasteiger partial charge in [0.2, 0.25) is 5.89 Å². The second-order valence-corrected chi connectivity index (χ2v) is 5.25. The smallest absolute Gasteiger partial charge is 0.240 e. The van der Waals surface area contributed by atoms with Crippen molar-refractivity contribution in [2.24, 2.45) is 11.7 Å². The molecular formula is C13H24N4O. The SMILES string of the molecule is CCCC1C(C)CCCN1Cc1noc(CN)n1. The van der Waals surface area contributed by atoms with Gasteiger partial charge in [-0.25, -0.2) is 0 Å². The van der Waals surface area contributed by atoms with Crippen LogP contribution >= 0.6 is 0 Å². The minimum absolute atomic E-state index is 0.321. The summed E-state index contributed by atoms with van der Waals surface area (Å²) in [4.78, 5) is 6.80. The van der Waals surface area contributed by atoms with Crippen LogP contribution in [0.4, 0.5) is 0 Å². The topological polar surface area (TPSA) is 68.2 Å². The highest BCUT2D eigenvalue weighted by molar-refractivity contribution is 4.89. The van der Waals surface area contributed by atoms with E-state index in [2.05, 4.69) is 28.9 Å². The van der Waals surface area contributed by atoms with E-state index in [-0.39, 0.29) is 0 Å². The molecule has 2 atom stereocenters. The Bertz CT molecular complexity index is 366. The fourth-order valence-corrected chi connectivity index (χ4v) is 2.91. The molecule has 102 valence electrons. The highest BCUT2D eigenvalue weighted by Gasteiger charge is 2.28. The van der Waals surface area contributed by atoms with E-state index >= 15 is 0 Å². The van der Waals surface area contributed by atoms with Gasteiger partial charge in [0.1, 0.15) is 0 Å². The van der Waals surface area contributed by atoms with Gasteiger partial charge in [-0.1, -0.05) is 25.4 Å². The first kappa shape index (κ1) is 13.5. The van der Waals surface area contributed by atoms with Crippen molar-refractivity contribution >= 4 is 0 Å². The lowest BCUT2D eigenvalue weighted by Crippen LogP contribution is -2.43. The Morgan fingerprint density at radius 1 is 1.50 bits per heavy atom. The molecule has 5 nitrogen and oxygen atoms in total. The first-order valence-electron chi connectivity index (χ1n) is 7.00. The number of nitrogens with two attached hydrogens (primary N) is 1. The van der Waals surface area contributed by atoms with Crippen LogP contribution in [0.1, 0.15) is 51.2 Å². The number of nitrogens with zero attached hydrogens (tertiary/aromatic N) is 3. The average molecular weight is 252 g/mol. The molecule has 0 spiro atoms. The van der Waals surface area contributed by atoms with Crippen molar-refractivity contribution in [1.29, 1.82) is 0 Å². The zero-order valence-electron chi connectivity index (χ0n) is 11.4. The number of hydrogen-bond acceptors (Lipinski definition) is 5. The summed E-state index contributed by atoms with van der Waals surface area (Å²) >= 11 is 0. The molecule has 1 saturated heterocycles. The molecule has 0 aliphatic carbocycles.